The highest BCUT2D eigenvalue weighted by Crippen LogP contribution is 2.27. The van der Waals surface area contributed by atoms with E-state index < -0.39 is 6.10 Å². The summed E-state index contributed by atoms with van der Waals surface area (Å²) in [7, 11) is 0. The SMILES string of the molecule is Cl.Cl.O=C(NC[C@@H](O)[C@@H]1Cc2ccccc2CN1)c1cccc2c1ncn2C1CCOCC1. The van der Waals surface area contributed by atoms with Gasteiger partial charge >= 0.3 is 0 Å². The van der Waals surface area contributed by atoms with Crippen LogP contribution in [0.1, 0.15) is 40.4 Å². The van der Waals surface area contributed by atoms with Gasteiger partial charge in [0.2, 0.25) is 0 Å². The molecule has 1 saturated heterocycles. The number of nitrogens with zero attached hydrogens (tertiary/aromatic N) is 2. The highest BCUT2D eigenvalue weighted by Gasteiger charge is 2.25. The lowest BCUT2D eigenvalue weighted by atomic mass is 9.93. The Labute approximate surface area is 205 Å². The number of nitrogens with one attached hydrogen (secondary N) is 2. The van der Waals surface area contributed by atoms with E-state index >= 15 is 0 Å². The molecule has 3 N–H and O–H groups in total. The van der Waals surface area contributed by atoms with Crippen LogP contribution in [-0.2, 0) is 17.7 Å². The molecule has 2 aliphatic heterocycles. The molecule has 2 aromatic carbocycles. The molecule has 0 saturated carbocycles. The molecule has 9 heteroatoms. The molecule has 0 unspecified atom stereocenters. The molecule has 7 nitrogen and oxygen atoms in total. The van der Waals surface area contributed by atoms with E-state index in [2.05, 4.69) is 32.3 Å². The number of rotatable bonds is 5. The van der Waals surface area contributed by atoms with Crippen molar-refractivity contribution in [3.63, 3.8) is 0 Å². The maximum absolute atomic E-state index is 12.9. The van der Waals surface area contributed by atoms with Crippen molar-refractivity contribution in [3.8, 4) is 0 Å². The average Bonchev–Trinajstić information content (AvgIpc) is 3.27. The van der Waals surface area contributed by atoms with E-state index in [1.165, 1.54) is 11.1 Å². The zero-order valence-electron chi connectivity index (χ0n) is 18.3. The molecule has 2 atom stereocenters. The number of aliphatic hydroxyl groups is 1. The predicted molar refractivity (Wildman–Crippen MR) is 132 cm³/mol. The highest BCUT2D eigenvalue weighted by molar-refractivity contribution is 6.04. The van der Waals surface area contributed by atoms with Crippen molar-refractivity contribution < 1.29 is 14.6 Å². The quantitative estimate of drug-likeness (QED) is 0.509. The van der Waals surface area contributed by atoms with Gasteiger partial charge in [-0.25, -0.2) is 4.98 Å². The van der Waals surface area contributed by atoms with Crippen molar-refractivity contribution in [2.45, 2.75) is 44.0 Å². The van der Waals surface area contributed by atoms with Crippen molar-refractivity contribution in [1.29, 1.82) is 0 Å². The first-order chi connectivity index (χ1) is 15.2. The number of carbonyl (C=O) groups excluding carboxylic acids is 1. The van der Waals surface area contributed by atoms with Gasteiger partial charge in [-0.3, -0.25) is 4.79 Å². The highest BCUT2D eigenvalue weighted by atomic mass is 35.5. The second-order valence-corrected chi connectivity index (χ2v) is 8.41. The fraction of sp³-hybridized carbons (Fsp3) is 0.417. The standard InChI is InChI=1S/C24H28N4O3.2ClH/c29-22(20-12-16-4-1-2-5-17(16)13-25-20)14-26-24(30)19-6-3-7-21-23(19)27-15-28(21)18-8-10-31-11-9-18;;/h1-7,15,18,20,22,25,29H,8-14H2,(H,26,30);2*1H/t20-,22+;;/m0../s1. The Morgan fingerprint density at radius 2 is 1.91 bits per heavy atom. The molecule has 0 bridgehead atoms. The number of benzene rings is 2. The number of amides is 1. The van der Waals surface area contributed by atoms with Crippen LogP contribution in [-0.4, -0.2) is 52.5 Å². The maximum atomic E-state index is 12.9. The first-order valence-corrected chi connectivity index (χ1v) is 11.0. The monoisotopic (exact) mass is 492 g/mol. The van der Waals surface area contributed by atoms with Crippen LogP contribution in [0.25, 0.3) is 11.0 Å². The number of carbonyl (C=O) groups is 1. The molecule has 5 rings (SSSR count). The second-order valence-electron chi connectivity index (χ2n) is 8.41. The van der Waals surface area contributed by atoms with Gasteiger partial charge in [-0.1, -0.05) is 30.3 Å². The Bertz CT molecular complexity index is 1080. The summed E-state index contributed by atoms with van der Waals surface area (Å²) in [4.78, 5) is 17.5. The van der Waals surface area contributed by atoms with Gasteiger partial charge in [0, 0.05) is 38.4 Å². The molecule has 33 heavy (non-hydrogen) atoms. The first kappa shape index (κ1) is 25.5. The van der Waals surface area contributed by atoms with Crippen LogP contribution in [0.5, 0.6) is 0 Å². The number of hydrogen-bond acceptors (Lipinski definition) is 5. The number of ether oxygens (including phenoxy) is 1. The Kier molecular flexibility index (Phi) is 8.73. The van der Waals surface area contributed by atoms with E-state index in [9.17, 15) is 9.90 Å². The van der Waals surface area contributed by atoms with Gasteiger partial charge in [0.05, 0.1) is 23.5 Å². The van der Waals surface area contributed by atoms with Gasteiger partial charge in [0.15, 0.2) is 0 Å². The normalized spacial score (nSPS) is 19.1. The van der Waals surface area contributed by atoms with E-state index in [1.807, 2.05) is 30.6 Å². The summed E-state index contributed by atoms with van der Waals surface area (Å²) < 4.78 is 7.63. The molecule has 0 spiro atoms. The van der Waals surface area contributed by atoms with E-state index in [-0.39, 0.29) is 43.3 Å². The van der Waals surface area contributed by atoms with Crippen molar-refractivity contribution in [3.05, 3.63) is 65.5 Å². The van der Waals surface area contributed by atoms with Crippen LogP contribution < -0.4 is 10.6 Å². The number of imidazole rings is 1. The molecule has 178 valence electrons. The van der Waals surface area contributed by atoms with Crippen molar-refractivity contribution in [1.82, 2.24) is 20.2 Å². The van der Waals surface area contributed by atoms with Gasteiger partial charge in [0.25, 0.3) is 5.91 Å². The number of hydrogen-bond donors (Lipinski definition) is 3. The van der Waals surface area contributed by atoms with Crippen molar-refractivity contribution in [2.24, 2.45) is 0 Å². The van der Waals surface area contributed by atoms with Crippen LogP contribution in [0.3, 0.4) is 0 Å². The Morgan fingerprint density at radius 1 is 1.15 bits per heavy atom. The Morgan fingerprint density at radius 3 is 2.70 bits per heavy atom. The number of fused-ring (bicyclic) bond motifs is 2. The van der Waals surface area contributed by atoms with Crippen LogP contribution in [0, 0.1) is 0 Å². The largest absolute Gasteiger partial charge is 0.390 e. The summed E-state index contributed by atoms with van der Waals surface area (Å²) in [6.45, 7) is 2.43. The van der Waals surface area contributed by atoms with Crippen molar-refractivity contribution in [2.75, 3.05) is 19.8 Å². The Hall–Kier alpha value is -2.16. The Balaban J connectivity index is 0.00000153. The zero-order chi connectivity index (χ0) is 21.2. The number of aromatic nitrogens is 2. The predicted octanol–water partition coefficient (Wildman–Crippen LogP) is 3.04. The summed E-state index contributed by atoms with van der Waals surface area (Å²) in [6.07, 6.45) is 3.81. The van der Waals surface area contributed by atoms with Crippen LogP contribution >= 0.6 is 24.8 Å². The summed E-state index contributed by atoms with van der Waals surface area (Å²) in [6, 6.07) is 14.2. The molecule has 1 amide bonds. The van der Waals surface area contributed by atoms with Gasteiger partial charge in [0.1, 0.15) is 5.52 Å². The van der Waals surface area contributed by atoms with E-state index in [0.29, 0.717) is 17.1 Å². The van der Waals surface area contributed by atoms with E-state index in [4.69, 9.17) is 4.74 Å². The molecule has 0 radical (unpaired) electrons. The molecule has 3 aromatic rings. The molecule has 3 heterocycles. The lowest BCUT2D eigenvalue weighted by molar-refractivity contribution is 0.0706. The molecule has 0 aliphatic carbocycles. The van der Waals surface area contributed by atoms with Gasteiger partial charge in [-0.15, -0.1) is 24.8 Å². The second kappa shape index (κ2) is 11.3. The third-order valence-corrected chi connectivity index (χ3v) is 6.48. The third-order valence-electron chi connectivity index (χ3n) is 6.48. The molecule has 2 aliphatic rings. The minimum absolute atomic E-state index is 0. The van der Waals surface area contributed by atoms with Crippen LogP contribution in [0.4, 0.5) is 0 Å². The smallest absolute Gasteiger partial charge is 0.253 e. The summed E-state index contributed by atoms with van der Waals surface area (Å²) in [5, 5.41) is 17.0. The summed E-state index contributed by atoms with van der Waals surface area (Å²) >= 11 is 0. The van der Waals surface area contributed by atoms with Gasteiger partial charge in [-0.05, 0) is 42.5 Å². The number of halogens is 2. The van der Waals surface area contributed by atoms with Crippen LogP contribution in [0.15, 0.2) is 48.8 Å². The lowest BCUT2D eigenvalue weighted by Crippen LogP contribution is -2.49. The number of aliphatic hydroxyl groups excluding tert-OH is 1. The van der Waals surface area contributed by atoms with Gasteiger partial charge in [-0.2, -0.15) is 0 Å². The fourth-order valence-corrected chi connectivity index (χ4v) is 4.68. The topological polar surface area (TPSA) is 88.4 Å². The number of para-hydroxylation sites is 1. The lowest BCUT2D eigenvalue weighted by Gasteiger charge is -2.30. The van der Waals surface area contributed by atoms with Crippen molar-refractivity contribution >= 4 is 41.8 Å². The summed E-state index contributed by atoms with van der Waals surface area (Å²) in [5.74, 6) is -0.210. The minimum Gasteiger partial charge on any atom is -0.390 e. The summed E-state index contributed by atoms with van der Waals surface area (Å²) in [5.41, 5.74) is 4.72. The molecule has 1 fully saturated rings. The maximum Gasteiger partial charge on any atom is 0.253 e. The van der Waals surface area contributed by atoms with E-state index in [1.54, 1.807) is 6.07 Å². The third kappa shape index (κ3) is 5.34. The first-order valence-electron chi connectivity index (χ1n) is 11.0. The molecular formula is C24H30Cl2N4O3. The fourth-order valence-electron chi connectivity index (χ4n) is 4.68. The minimum atomic E-state index is -0.670. The van der Waals surface area contributed by atoms with Crippen LogP contribution in [0.2, 0.25) is 0 Å². The average molecular weight is 493 g/mol. The molecular weight excluding hydrogens is 463 g/mol. The zero-order valence-corrected chi connectivity index (χ0v) is 19.9. The van der Waals surface area contributed by atoms with E-state index in [0.717, 1.165) is 44.5 Å². The molecule has 1 aromatic heterocycles. The van der Waals surface area contributed by atoms with Gasteiger partial charge < -0.3 is 25.0 Å².